The smallest absolute Gasteiger partial charge is 0.255 e. The van der Waals surface area contributed by atoms with Crippen LogP contribution in [0.2, 0.25) is 0 Å². The van der Waals surface area contributed by atoms with Gasteiger partial charge in [-0.2, -0.15) is 0 Å². The molecular weight excluding hydrogens is 378 g/mol. The number of carbonyl (C=O) groups excluding carboxylic acids is 2. The second kappa shape index (κ2) is 7.73. The molecule has 0 bridgehead atoms. The number of benzene rings is 2. The molecule has 1 saturated heterocycles. The Morgan fingerprint density at radius 3 is 2.54 bits per heavy atom. The summed E-state index contributed by atoms with van der Waals surface area (Å²) in [4.78, 5) is 26.5. The molecule has 2 aromatic rings. The zero-order chi connectivity index (χ0) is 20.5. The molecule has 0 aliphatic carbocycles. The van der Waals surface area contributed by atoms with E-state index in [2.05, 4.69) is 5.32 Å². The molecule has 28 heavy (non-hydrogen) atoms. The Balaban J connectivity index is 1.85. The number of nitrogens with zero attached hydrogens (tertiary/aromatic N) is 2. The zero-order valence-electron chi connectivity index (χ0n) is 16.1. The molecule has 1 heterocycles. The number of anilines is 2. The molecular formula is C20H23N3O4S. The van der Waals surface area contributed by atoms with Crippen LogP contribution in [-0.4, -0.2) is 45.2 Å². The number of amides is 2. The van der Waals surface area contributed by atoms with E-state index < -0.39 is 15.9 Å². The van der Waals surface area contributed by atoms with Crippen molar-refractivity contribution in [3.05, 3.63) is 53.6 Å². The summed E-state index contributed by atoms with van der Waals surface area (Å²) in [6, 6.07) is 11.3. The molecule has 3 rings (SSSR count). The molecule has 1 aliphatic heterocycles. The van der Waals surface area contributed by atoms with Crippen molar-refractivity contribution in [3.8, 4) is 0 Å². The predicted octanol–water partition coefficient (Wildman–Crippen LogP) is 2.62. The van der Waals surface area contributed by atoms with Gasteiger partial charge in [0.15, 0.2) is 0 Å². The van der Waals surface area contributed by atoms with Crippen LogP contribution in [0.15, 0.2) is 47.4 Å². The summed E-state index contributed by atoms with van der Waals surface area (Å²) in [6.07, 6.45) is 1.35. The van der Waals surface area contributed by atoms with E-state index in [4.69, 9.17) is 0 Å². The first kappa shape index (κ1) is 20.0. The van der Waals surface area contributed by atoms with Crippen LogP contribution in [0.25, 0.3) is 0 Å². The second-order valence-corrected chi connectivity index (χ2v) is 9.07. The third-order valence-electron chi connectivity index (χ3n) is 4.71. The topological polar surface area (TPSA) is 86.8 Å². The van der Waals surface area contributed by atoms with Gasteiger partial charge >= 0.3 is 0 Å². The highest BCUT2D eigenvalue weighted by atomic mass is 32.2. The van der Waals surface area contributed by atoms with E-state index in [-0.39, 0.29) is 16.4 Å². The molecule has 0 saturated carbocycles. The van der Waals surface area contributed by atoms with Gasteiger partial charge in [-0.1, -0.05) is 12.1 Å². The zero-order valence-corrected chi connectivity index (χ0v) is 16.9. The first-order valence-electron chi connectivity index (χ1n) is 8.95. The SMILES string of the molecule is Cc1ccc(NC(=O)c2cccc(S(=O)(=O)N(C)C)c2)cc1N1CCCC1=O. The third kappa shape index (κ3) is 3.93. The van der Waals surface area contributed by atoms with Crippen LogP contribution in [0.3, 0.4) is 0 Å². The summed E-state index contributed by atoms with van der Waals surface area (Å²) >= 11 is 0. The van der Waals surface area contributed by atoms with Gasteiger partial charge in [0.05, 0.1) is 4.90 Å². The first-order chi connectivity index (χ1) is 13.2. The van der Waals surface area contributed by atoms with Crippen molar-refractivity contribution in [1.82, 2.24) is 4.31 Å². The van der Waals surface area contributed by atoms with Crippen molar-refractivity contribution >= 4 is 33.2 Å². The van der Waals surface area contributed by atoms with Crippen LogP contribution in [0.5, 0.6) is 0 Å². The molecule has 8 heteroatoms. The van der Waals surface area contributed by atoms with Gasteiger partial charge in [-0.15, -0.1) is 0 Å². The molecule has 0 aromatic heterocycles. The quantitative estimate of drug-likeness (QED) is 0.834. The van der Waals surface area contributed by atoms with Gasteiger partial charge in [0, 0.05) is 44.0 Å². The average Bonchev–Trinajstić information content (AvgIpc) is 3.09. The Labute approximate surface area is 165 Å². The van der Waals surface area contributed by atoms with Crippen molar-refractivity contribution in [2.75, 3.05) is 30.9 Å². The molecule has 0 atom stereocenters. The number of rotatable bonds is 5. The van der Waals surface area contributed by atoms with E-state index in [9.17, 15) is 18.0 Å². The normalized spacial score (nSPS) is 14.6. The van der Waals surface area contributed by atoms with Crippen LogP contribution in [0.4, 0.5) is 11.4 Å². The highest BCUT2D eigenvalue weighted by Crippen LogP contribution is 2.28. The van der Waals surface area contributed by atoms with Crippen LogP contribution in [0.1, 0.15) is 28.8 Å². The Kier molecular flexibility index (Phi) is 5.53. The highest BCUT2D eigenvalue weighted by molar-refractivity contribution is 7.89. The molecule has 7 nitrogen and oxygen atoms in total. The number of carbonyl (C=O) groups is 2. The van der Waals surface area contributed by atoms with Gasteiger partial charge in [-0.25, -0.2) is 12.7 Å². The molecule has 1 aliphatic rings. The largest absolute Gasteiger partial charge is 0.322 e. The van der Waals surface area contributed by atoms with E-state index >= 15 is 0 Å². The van der Waals surface area contributed by atoms with E-state index in [0.29, 0.717) is 18.7 Å². The molecule has 1 N–H and O–H groups in total. The average molecular weight is 401 g/mol. The predicted molar refractivity (Wildman–Crippen MR) is 108 cm³/mol. The number of hydrogen-bond donors (Lipinski definition) is 1. The maximum Gasteiger partial charge on any atom is 0.255 e. The lowest BCUT2D eigenvalue weighted by atomic mass is 10.1. The molecule has 0 spiro atoms. The van der Waals surface area contributed by atoms with Crippen molar-refractivity contribution < 1.29 is 18.0 Å². The molecule has 1 fully saturated rings. The molecule has 2 amide bonds. The van der Waals surface area contributed by atoms with Crippen molar-refractivity contribution in [3.63, 3.8) is 0 Å². The third-order valence-corrected chi connectivity index (χ3v) is 6.52. The number of aryl methyl sites for hydroxylation is 1. The van der Waals surface area contributed by atoms with E-state index in [1.807, 2.05) is 13.0 Å². The Hall–Kier alpha value is -2.71. The van der Waals surface area contributed by atoms with Crippen LogP contribution in [-0.2, 0) is 14.8 Å². The summed E-state index contributed by atoms with van der Waals surface area (Å²) in [5, 5.41) is 2.79. The summed E-state index contributed by atoms with van der Waals surface area (Å²) in [7, 11) is -0.746. The van der Waals surface area contributed by atoms with E-state index in [1.54, 1.807) is 23.1 Å². The molecule has 148 valence electrons. The van der Waals surface area contributed by atoms with Crippen molar-refractivity contribution in [2.45, 2.75) is 24.7 Å². The molecule has 0 radical (unpaired) electrons. The van der Waals surface area contributed by atoms with E-state index in [0.717, 1.165) is 22.0 Å². The first-order valence-corrected chi connectivity index (χ1v) is 10.4. The number of hydrogen-bond acceptors (Lipinski definition) is 4. The van der Waals surface area contributed by atoms with Crippen LogP contribution in [0, 0.1) is 6.92 Å². The lowest BCUT2D eigenvalue weighted by Gasteiger charge is -2.19. The maximum absolute atomic E-state index is 12.6. The lowest BCUT2D eigenvalue weighted by molar-refractivity contribution is -0.117. The van der Waals surface area contributed by atoms with Gasteiger partial charge in [0.2, 0.25) is 15.9 Å². The fraction of sp³-hybridized carbons (Fsp3) is 0.300. The van der Waals surface area contributed by atoms with Gasteiger partial charge < -0.3 is 10.2 Å². The summed E-state index contributed by atoms with van der Waals surface area (Å²) in [5.74, 6) is -0.341. The lowest BCUT2D eigenvalue weighted by Crippen LogP contribution is -2.25. The molecule has 2 aromatic carbocycles. The monoisotopic (exact) mass is 401 g/mol. The summed E-state index contributed by atoms with van der Waals surface area (Å²) in [6.45, 7) is 2.59. The standard InChI is InChI=1S/C20H23N3O4S/c1-14-9-10-16(13-18(14)23-11-5-8-19(23)24)21-20(25)15-6-4-7-17(12-15)28(26,27)22(2)3/h4,6-7,9-10,12-13H,5,8,11H2,1-3H3,(H,21,25). The van der Waals surface area contributed by atoms with Crippen molar-refractivity contribution in [1.29, 1.82) is 0 Å². The Morgan fingerprint density at radius 1 is 1.14 bits per heavy atom. The van der Waals surface area contributed by atoms with Gasteiger partial charge in [-0.05, 0) is 49.2 Å². The second-order valence-electron chi connectivity index (χ2n) is 6.92. The van der Waals surface area contributed by atoms with E-state index in [1.165, 1.54) is 32.3 Å². The molecule has 0 unspecified atom stereocenters. The van der Waals surface area contributed by atoms with Crippen LogP contribution < -0.4 is 10.2 Å². The number of sulfonamides is 1. The van der Waals surface area contributed by atoms with Gasteiger partial charge in [0.1, 0.15) is 0 Å². The minimum Gasteiger partial charge on any atom is -0.322 e. The minimum absolute atomic E-state index is 0.0532. The number of nitrogens with one attached hydrogen (secondary N) is 1. The van der Waals surface area contributed by atoms with Gasteiger partial charge in [0.25, 0.3) is 5.91 Å². The fourth-order valence-corrected chi connectivity index (χ4v) is 4.04. The highest BCUT2D eigenvalue weighted by Gasteiger charge is 2.23. The summed E-state index contributed by atoms with van der Waals surface area (Å²) < 4.78 is 25.7. The fourth-order valence-electron chi connectivity index (χ4n) is 3.09. The van der Waals surface area contributed by atoms with Gasteiger partial charge in [-0.3, -0.25) is 9.59 Å². The summed E-state index contributed by atoms with van der Waals surface area (Å²) in [5.41, 5.74) is 2.52. The maximum atomic E-state index is 12.6. The van der Waals surface area contributed by atoms with Crippen molar-refractivity contribution in [2.24, 2.45) is 0 Å². The van der Waals surface area contributed by atoms with Crippen LogP contribution >= 0.6 is 0 Å². The Bertz CT molecular complexity index is 1030. The Morgan fingerprint density at radius 2 is 1.89 bits per heavy atom. The minimum atomic E-state index is -3.63.